The lowest BCUT2D eigenvalue weighted by Gasteiger charge is -2.15. The van der Waals surface area contributed by atoms with E-state index >= 15 is 0 Å². The summed E-state index contributed by atoms with van der Waals surface area (Å²) >= 11 is 2.06. The van der Waals surface area contributed by atoms with E-state index in [1.165, 1.54) is 0 Å². The van der Waals surface area contributed by atoms with Crippen LogP contribution in [0.3, 0.4) is 0 Å². The molecule has 5 nitrogen and oxygen atoms in total. The van der Waals surface area contributed by atoms with E-state index in [0.717, 1.165) is 9.26 Å². The number of hydrogen-bond acceptors (Lipinski definition) is 4. The Hall–Kier alpha value is -2.09. The standard InChI is InChI=1S/C18H19IN2O3/c1-12(24-18(23)15-6-4-5-7-16(15)19)17(22)20-13-8-10-14(11-9-13)21(2)3/h4-12H,1-3H3,(H,20,22)/t12-/m0/s1. The highest BCUT2D eigenvalue weighted by molar-refractivity contribution is 14.1. The molecule has 0 heterocycles. The van der Waals surface area contributed by atoms with Crippen LogP contribution in [0.25, 0.3) is 0 Å². The van der Waals surface area contributed by atoms with Gasteiger partial charge in [-0.15, -0.1) is 0 Å². The van der Waals surface area contributed by atoms with Crippen LogP contribution in [-0.2, 0) is 9.53 Å². The number of halogens is 1. The Morgan fingerprint density at radius 2 is 1.71 bits per heavy atom. The second-order valence-electron chi connectivity index (χ2n) is 5.46. The van der Waals surface area contributed by atoms with Crippen molar-refractivity contribution in [2.75, 3.05) is 24.3 Å². The number of hydrogen-bond donors (Lipinski definition) is 1. The molecule has 0 saturated carbocycles. The molecule has 2 aromatic carbocycles. The van der Waals surface area contributed by atoms with Crippen LogP contribution >= 0.6 is 22.6 Å². The molecule has 0 aliphatic heterocycles. The van der Waals surface area contributed by atoms with Crippen LogP contribution in [0, 0.1) is 3.57 Å². The lowest BCUT2D eigenvalue weighted by atomic mass is 10.2. The lowest BCUT2D eigenvalue weighted by molar-refractivity contribution is -0.123. The van der Waals surface area contributed by atoms with Gasteiger partial charge >= 0.3 is 5.97 Å². The van der Waals surface area contributed by atoms with Crippen LogP contribution in [-0.4, -0.2) is 32.1 Å². The zero-order chi connectivity index (χ0) is 17.7. The van der Waals surface area contributed by atoms with Gasteiger partial charge in [0.1, 0.15) is 0 Å². The molecule has 126 valence electrons. The second-order valence-corrected chi connectivity index (χ2v) is 6.62. The highest BCUT2D eigenvalue weighted by Crippen LogP contribution is 2.17. The second kappa shape index (κ2) is 8.14. The summed E-state index contributed by atoms with van der Waals surface area (Å²) in [5.74, 6) is -0.877. The normalized spacial score (nSPS) is 11.5. The number of rotatable bonds is 5. The van der Waals surface area contributed by atoms with Gasteiger partial charge in [0.15, 0.2) is 6.10 Å². The largest absolute Gasteiger partial charge is 0.449 e. The fourth-order valence-electron chi connectivity index (χ4n) is 1.99. The third-order valence-corrected chi connectivity index (χ3v) is 4.34. The zero-order valence-electron chi connectivity index (χ0n) is 13.7. The summed E-state index contributed by atoms with van der Waals surface area (Å²) in [6.07, 6.45) is -0.887. The quantitative estimate of drug-likeness (QED) is 0.573. The van der Waals surface area contributed by atoms with E-state index in [1.807, 2.05) is 55.4 Å². The molecule has 0 aliphatic carbocycles. The Morgan fingerprint density at radius 3 is 2.29 bits per heavy atom. The predicted octanol–water partition coefficient (Wildman–Crippen LogP) is 3.54. The smallest absolute Gasteiger partial charge is 0.339 e. The molecule has 6 heteroatoms. The van der Waals surface area contributed by atoms with E-state index in [0.29, 0.717) is 11.3 Å². The number of carbonyl (C=O) groups excluding carboxylic acids is 2. The van der Waals surface area contributed by atoms with E-state index < -0.39 is 12.1 Å². The Bertz CT molecular complexity index is 729. The molecule has 2 rings (SSSR count). The van der Waals surface area contributed by atoms with Crippen molar-refractivity contribution < 1.29 is 14.3 Å². The number of nitrogens with zero attached hydrogens (tertiary/aromatic N) is 1. The zero-order valence-corrected chi connectivity index (χ0v) is 15.9. The molecule has 1 amide bonds. The molecular formula is C18H19IN2O3. The number of amides is 1. The number of anilines is 2. The van der Waals surface area contributed by atoms with Gasteiger partial charge in [-0.2, -0.15) is 0 Å². The van der Waals surface area contributed by atoms with Crippen molar-refractivity contribution >= 4 is 45.8 Å². The van der Waals surface area contributed by atoms with Gasteiger partial charge in [-0.3, -0.25) is 4.79 Å². The molecule has 24 heavy (non-hydrogen) atoms. The fourth-order valence-corrected chi connectivity index (χ4v) is 2.60. The third-order valence-electron chi connectivity index (χ3n) is 3.40. The van der Waals surface area contributed by atoms with E-state index in [9.17, 15) is 9.59 Å². The topological polar surface area (TPSA) is 58.6 Å². The summed E-state index contributed by atoms with van der Waals surface area (Å²) in [6.45, 7) is 1.55. The van der Waals surface area contributed by atoms with Gasteiger partial charge in [-0.25, -0.2) is 4.79 Å². The Kier molecular flexibility index (Phi) is 6.19. The van der Waals surface area contributed by atoms with Crippen molar-refractivity contribution in [2.45, 2.75) is 13.0 Å². The third kappa shape index (κ3) is 4.70. The minimum atomic E-state index is -0.887. The van der Waals surface area contributed by atoms with Crippen LogP contribution in [0.2, 0.25) is 0 Å². The average molecular weight is 438 g/mol. The van der Waals surface area contributed by atoms with E-state index in [1.54, 1.807) is 19.1 Å². The number of ether oxygens (including phenoxy) is 1. The highest BCUT2D eigenvalue weighted by atomic mass is 127. The van der Waals surface area contributed by atoms with Crippen molar-refractivity contribution in [3.8, 4) is 0 Å². The number of carbonyl (C=O) groups is 2. The van der Waals surface area contributed by atoms with Crippen molar-refractivity contribution in [3.63, 3.8) is 0 Å². The van der Waals surface area contributed by atoms with Crippen molar-refractivity contribution in [1.29, 1.82) is 0 Å². The van der Waals surface area contributed by atoms with Crippen LogP contribution < -0.4 is 10.2 Å². The fraction of sp³-hybridized carbons (Fsp3) is 0.222. The summed E-state index contributed by atoms with van der Waals surface area (Å²) < 4.78 is 6.03. The van der Waals surface area contributed by atoms with Gasteiger partial charge in [-0.05, 0) is 65.9 Å². The van der Waals surface area contributed by atoms with Crippen LogP contribution in [0.4, 0.5) is 11.4 Å². The maximum atomic E-state index is 12.2. The first-order valence-electron chi connectivity index (χ1n) is 7.42. The molecule has 1 atom stereocenters. The summed E-state index contributed by atoms with van der Waals surface area (Å²) in [5.41, 5.74) is 2.14. The first-order valence-corrected chi connectivity index (χ1v) is 8.50. The number of benzene rings is 2. The van der Waals surface area contributed by atoms with E-state index in [2.05, 4.69) is 27.9 Å². The van der Waals surface area contributed by atoms with Gasteiger partial charge in [0.25, 0.3) is 5.91 Å². The van der Waals surface area contributed by atoms with Crippen LogP contribution in [0.15, 0.2) is 48.5 Å². The Morgan fingerprint density at radius 1 is 1.08 bits per heavy atom. The summed E-state index contributed by atoms with van der Waals surface area (Å²) in [7, 11) is 3.89. The maximum Gasteiger partial charge on any atom is 0.339 e. The molecule has 0 aliphatic rings. The van der Waals surface area contributed by atoms with Gasteiger partial charge in [0.2, 0.25) is 0 Å². The maximum absolute atomic E-state index is 12.2. The van der Waals surface area contributed by atoms with Crippen molar-refractivity contribution in [3.05, 3.63) is 57.7 Å². The van der Waals surface area contributed by atoms with E-state index in [-0.39, 0.29) is 5.91 Å². The van der Waals surface area contributed by atoms with Crippen LogP contribution in [0.5, 0.6) is 0 Å². The van der Waals surface area contributed by atoms with Crippen LogP contribution in [0.1, 0.15) is 17.3 Å². The average Bonchev–Trinajstić information content (AvgIpc) is 2.55. The monoisotopic (exact) mass is 438 g/mol. The predicted molar refractivity (Wildman–Crippen MR) is 103 cm³/mol. The van der Waals surface area contributed by atoms with Gasteiger partial charge < -0.3 is 15.0 Å². The number of esters is 1. The molecule has 0 unspecified atom stereocenters. The van der Waals surface area contributed by atoms with Gasteiger partial charge in [0, 0.05) is 29.0 Å². The molecule has 1 N–H and O–H groups in total. The molecule has 0 bridgehead atoms. The molecule has 0 fully saturated rings. The molecular weight excluding hydrogens is 419 g/mol. The minimum absolute atomic E-state index is 0.369. The first kappa shape index (κ1) is 18.3. The Balaban J connectivity index is 1.97. The number of nitrogens with one attached hydrogen (secondary N) is 1. The summed E-state index contributed by atoms with van der Waals surface area (Å²) in [4.78, 5) is 26.3. The van der Waals surface area contributed by atoms with Crippen molar-refractivity contribution in [1.82, 2.24) is 0 Å². The SMILES string of the molecule is C[C@H](OC(=O)c1ccccc1I)C(=O)Nc1ccc(N(C)C)cc1. The first-order chi connectivity index (χ1) is 11.4. The molecule has 0 spiro atoms. The van der Waals surface area contributed by atoms with Gasteiger partial charge in [-0.1, -0.05) is 12.1 Å². The lowest BCUT2D eigenvalue weighted by Crippen LogP contribution is -2.30. The van der Waals surface area contributed by atoms with Gasteiger partial charge in [0.05, 0.1) is 5.56 Å². The summed E-state index contributed by atoms with van der Waals surface area (Å²) in [6, 6.07) is 14.5. The Labute approximate surface area is 155 Å². The van der Waals surface area contributed by atoms with Crippen molar-refractivity contribution in [2.24, 2.45) is 0 Å². The minimum Gasteiger partial charge on any atom is -0.449 e. The molecule has 0 saturated heterocycles. The molecule has 0 aromatic heterocycles. The summed E-state index contributed by atoms with van der Waals surface area (Å²) in [5, 5.41) is 2.74. The highest BCUT2D eigenvalue weighted by Gasteiger charge is 2.20. The molecule has 2 aromatic rings. The van der Waals surface area contributed by atoms with E-state index in [4.69, 9.17) is 4.74 Å². The molecule has 0 radical (unpaired) electrons.